The van der Waals surface area contributed by atoms with E-state index < -0.39 is 11.8 Å². The lowest BCUT2D eigenvalue weighted by atomic mass is 9.95. The second kappa shape index (κ2) is 7.40. The standard InChI is InChI=1S/C20H21N5O3/c1-12-9-18(27)25(19(12)28)24-20-22-15(13-5-4-8-21-11-13)10-16(23-20)14-6-2-3-7-17(14)26/h2-3,6-7,9-10,13,21,26H,4-5,8,11H2,1H3,(H,22,23,24). The molecule has 0 aliphatic carbocycles. The number of para-hydroxylation sites is 1. The van der Waals surface area contributed by atoms with Crippen LogP contribution in [-0.4, -0.2) is 45.0 Å². The highest BCUT2D eigenvalue weighted by atomic mass is 16.3. The molecule has 2 aromatic rings. The van der Waals surface area contributed by atoms with E-state index in [1.807, 2.05) is 12.1 Å². The molecule has 1 fully saturated rings. The van der Waals surface area contributed by atoms with Crippen LogP contribution in [0.15, 0.2) is 42.0 Å². The van der Waals surface area contributed by atoms with Crippen molar-refractivity contribution in [3.05, 3.63) is 47.7 Å². The number of rotatable bonds is 4. The van der Waals surface area contributed by atoms with Crippen molar-refractivity contribution in [3.8, 4) is 17.0 Å². The summed E-state index contributed by atoms with van der Waals surface area (Å²) >= 11 is 0. The number of phenols is 1. The molecular weight excluding hydrogens is 358 g/mol. The second-order valence-corrected chi connectivity index (χ2v) is 6.98. The quantitative estimate of drug-likeness (QED) is 0.697. The molecule has 3 N–H and O–H groups in total. The maximum atomic E-state index is 12.2. The highest BCUT2D eigenvalue weighted by molar-refractivity contribution is 6.16. The van der Waals surface area contributed by atoms with E-state index in [-0.39, 0.29) is 17.6 Å². The number of anilines is 1. The van der Waals surface area contributed by atoms with Crippen molar-refractivity contribution in [1.82, 2.24) is 20.3 Å². The molecule has 0 spiro atoms. The number of amides is 2. The molecule has 2 aliphatic heterocycles. The van der Waals surface area contributed by atoms with Crippen LogP contribution in [0.25, 0.3) is 11.3 Å². The maximum Gasteiger partial charge on any atom is 0.275 e. The van der Waals surface area contributed by atoms with Crippen LogP contribution in [0.5, 0.6) is 5.75 Å². The molecule has 8 nitrogen and oxygen atoms in total. The summed E-state index contributed by atoms with van der Waals surface area (Å²) in [7, 11) is 0. The average Bonchev–Trinajstić information content (AvgIpc) is 2.95. The third kappa shape index (κ3) is 3.46. The van der Waals surface area contributed by atoms with Crippen LogP contribution >= 0.6 is 0 Å². The molecule has 4 rings (SSSR count). The third-order valence-electron chi connectivity index (χ3n) is 4.95. The van der Waals surface area contributed by atoms with Crippen LogP contribution in [0, 0.1) is 0 Å². The number of hydrazine groups is 1. The van der Waals surface area contributed by atoms with Crippen LogP contribution in [0.4, 0.5) is 5.95 Å². The van der Waals surface area contributed by atoms with E-state index in [2.05, 4.69) is 20.7 Å². The molecule has 1 aromatic carbocycles. The second-order valence-electron chi connectivity index (χ2n) is 6.98. The van der Waals surface area contributed by atoms with E-state index in [9.17, 15) is 14.7 Å². The number of benzene rings is 1. The Hall–Kier alpha value is -3.26. The Bertz CT molecular complexity index is 966. The minimum Gasteiger partial charge on any atom is -0.507 e. The SMILES string of the molecule is CC1=CC(=O)N(Nc2nc(-c3ccccc3O)cc(C3CCCNC3)n2)C1=O. The Morgan fingerprint density at radius 2 is 2.07 bits per heavy atom. The first-order valence-corrected chi connectivity index (χ1v) is 9.24. The number of carbonyl (C=O) groups is 2. The maximum absolute atomic E-state index is 12.2. The molecule has 2 aliphatic rings. The van der Waals surface area contributed by atoms with Crippen molar-refractivity contribution in [3.63, 3.8) is 0 Å². The molecule has 3 heterocycles. The first kappa shape index (κ1) is 18.1. The number of carbonyl (C=O) groups excluding carboxylic acids is 2. The van der Waals surface area contributed by atoms with Gasteiger partial charge in [0.1, 0.15) is 5.75 Å². The molecule has 0 bridgehead atoms. The van der Waals surface area contributed by atoms with Gasteiger partial charge >= 0.3 is 0 Å². The number of hydrogen-bond acceptors (Lipinski definition) is 7. The number of piperidine rings is 1. The summed E-state index contributed by atoms with van der Waals surface area (Å²) < 4.78 is 0. The Morgan fingerprint density at radius 3 is 2.75 bits per heavy atom. The average molecular weight is 379 g/mol. The van der Waals surface area contributed by atoms with E-state index in [1.54, 1.807) is 25.1 Å². The van der Waals surface area contributed by atoms with Gasteiger partial charge < -0.3 is 10.4 Å². The molecular formula is C20H21N5O3. The number of aromatic hydroxyl groups is 1. The Morgan fingerprint density at radius 1 is 1.25 bits per heavy atom. The summed E-state index contributed by atoms with van der Waals surface area (Å²) in [5.74, 6) is -0.453. The fourth-order valence-corrected chi connectivity index (χ4v) is 3.45. The van der Waals surface area contributed by atoms with Gasteiger partial charge in [0.25, 0.3) is 11.8 Å². The molecule has 0 radical (unpaired) electrons. The van der Waals surface area contributed by atoms with Gasteiger partial charge in [-0.3, -0.25) is 15.0 Å². The zero-order valence-corrected chi connectivity index (χ0v) is 15.5. The van der Waals surface area contributed by atoms with E-state index >= 15 is 0 Å². The lowest BCUT2D eigenvalue weighted by molar-refractivity contribution is -0.135. The highest BCUT2D eigenvalue weighted by Gasteiger charge is 2.30. The van der Waals surface area contributed by atoms with Crippen LogP contribution in [0.2, 0.25) is 0 Å². The van der Waals surface area contributed by atoms with Gasteiger partial charge in [0.15, 0.2) is 0 Å². The topological polar surface area (TPSA) is 107 Å². The van der Waals surface area contributed by atoms with Crippen molar-refractivity contribution in [2.24, 2.45) is 0 Å². The lowest BCUT2D eigenvalue weighted by Gasteiger charge is -2.24. The minimum atomic E-state index is -0.458. The van der Waals surface area contributed by atoms with Crippen LogP contribution in [0.3, 0.4) is 0 Å². The summed E-state index contributed by atoms with van der Waals surface area (Å²) in [6.45, 7) is 3.35. The largest absolute Gasteiger partial charge is 0.507 e. The molecule has 1 atom stereocenters. The molecule has 1 aromatic heterocycles. The first-order chi connectivity index (χ1) is 13.5. The zero-order chi connectivity index (χ0) is 19.7. The van der Waals surface area contributed by atoms with Crippen LogP contribution in [0.1, 0.15) is 31.4 Å². The highest BCUT2D eigenvalue weighted by Crippen LogP contribution is 2.31. The minimum absolute atomic E-state index is 0.103. The van der Waals surface area contributed by atoms with E-state index in [4.69, 9.17) is 0 Å². The monoisotopic (exact) mass is 379 g/mol. The summed E-state index contributed by atoms with van der Waals surface area (Å²) in [6, 6.07) is 8.76. The summed E-state index contributed by atoms with van der Waals surface area (Å²) in [5, 5.41) is 14.5. The zero-order valence-electron chi connectivity index (χ0n) is 15.5. The molecule has 28 heavy (non-hydrogen) atoms. The van der Waals surface area contributed by atoms with E-state index in [0.717, 1.165) is 36.6 Å². The van der Waals surface area contributed by atoms with Gasteiger partial charge in [0.05, 0.1) is 11.4 Å². The first-order valence-electron chi connectivity index (χ1n) is 9.24. The van der Waals surface area contributed by atoms with Gasteiger partial charge in [-0.05, 0) is 44.5 Å². The molecule has 2 amide bonds. The van der Waals surface area contributed by atoms with E-state index in [0.29, 0.717) is 16.8 Å². The smallest absolute Gasteiger partial charge is 0.275 e. The van der Waals surface area contributed by atoms with Gasteiger partial charge in [-0.15, -0.1) is 0 Å². The molecule has 1 unspecified atom stereocenters. The van der Waals surface area contributed by atoms with Crippen molar-refractivity contribution < 1.29 is 14.7 Å². The van der Waals surface area contributed by atoms with Crippen LogP contribution < -0.4 is 10.7 Å². The third-order valence-corrected chi connectivity index (χ3v) is 4.95. The molecule has 144 valence electrons. The number of nitrogens with one attached hydrogen (secondary N) is 2. The van der Waals surface area contributed by atoms with Crippen molar-refractivity contribution in [1.29, 1.82) is 0 Å². The summed E-state index contributed by atoms with van der Waals surface area (Å²) in [5.41, 5.74) is 4.98. The Kier molecular flexibility index (Phi) is 4.79. The van der Waals surface area contributed by atoms with Gasteiger partial charge in [0, 0.05) is 29.7 Å². The Balaban J connectivity index is 1.73. The number of phenolic OH excluding ortho intramolecular Hbond substituents is 1. The Labute approximate surface area is 162 Å². The predicted molar refractivity (Wildman–Crippen MR) is 103 cm³/mol. The van der Waals surface area contributed by atoms with Crippen molar-refractivity contribution >= 4 is 17.8 Å². The molecule has 8 heteroatoms. The molecule has 0 saturated carbocycles. The van der Waals surface area contributed by atoms with E-state index in [1.165, 1.54) is 6.08 Å². The lowest BCUT2D eigenvalue weighted by Crippen LogP contribution is -2.37. The van der Waals surface area contributed by atoms with Gasteiger partial charge in [-0.25, -0.2) is 9.97 Å². The number of aromatic nitrogens is 2. The fraction of sp³-hybridized carbons (Fsp3) is 0.300. The molecule has 1 saturated heterocycles. The van der Waals surface area contributed by atoms with Crippen molar-refractivity contribution in [2.75, 3.05) is 18.5 Å². The van der Waals surface area contributed by atoms with Gasteiger partial charge in [-0.2, -0.15) is 5.01 Å². The van der Waals surface area contributed by atoms with Crippen LogP contribution in [-0.2, 0) is 9.59 Å². The van der Waals surface area contributed by atoms with Gasteiger partial charge in [0.2, 0.25) is 5.95 Å². The fourth-order valence-electron chi connectivity index (χ4n) is 3.45. The summed E-state index contributed by atoms with van der Waals surface area (Å²) in [6.07, 6.45) is 3.29. The number of hydrogen-bond donors (Lipinski definition) is 3. The summed E-state index contributed by atoms with van der Waals surface area (Å²) in [4.78, 5) is 33.2. The van der Waals surface area contributed by atoms with Crippen molar-refractivity contribution in [2.45, 2.75) is 25.7 Å². The predicted octanol–water partition coefficient (Wildman–Crippen LogP) is 1.96. The normalized spacial score (nSPS) is 19.7. The number of imide groups is 1. The number of nitrogens with zero attached hydrogens (tertiary/aromatic N) is 3. The van der Waals surface area contributed by atoms with Gasteiger partial charge in [-0.1, -0.05) is 12.1 Å².